The molecule has 0 saturated heterocycles. The van der Waals surface area contributed by atoms with E-state index in [0.717, 1.165) is 22.3 Å². The average molecular weight is 340 g/mol. The van der Waals surface area contributed by atoms with Crippen LogP contribution in [0.25, 0.3) is 0 Å². The summed E-state index contributed by atoms with van der Waals surface area (Å²) in [6.45, 7) is 5.12. The smallest absolute Gasteiger partial charge is 0.123 e. The second-order valence-corrected chi connectivity index (χ2v) is 6.74. The van der Waals surface area contributed by atoms with Gasteiger partial charge in [-0.15, -0.1) is 11.3 Å². The molecule has 0 bridgehead atoms. The predicted octanol–water partition coefficient (Wildman–Crippen LogP) is 4.68. The molecule has 0 aliphatic rings. The Balaban J connectivity index is 2.04. The number of hydrogen-bond acceptors (Lipinski definition) is 3. The fraction of sp³-hybridized carbons (Fsp3) is 0.333. The topological polar surface area (TPSA) is 21.3 Å². The van der Waals surface area contributed by atoms with E-state index in [9.17, 15) is 0 Å². The summed E-state index contributed by atoms with van der Waals surface area (Å²) >= 11 is 5.34. The van der Waals surface area contributed by atoms with Gasteiger partial charge in [0.05, 0.1) is 7.11 Å². The Labute approximate surface area is 126 Å². The summed E-state index contributed by atoms with van der Waals surface area (Å²) in [5.74, 6) is 0.922. The molecule has 102 valence electrons. The number of methoxy groups -OCH3 is 1. The van der Waals surface area contributed by atoms with E-state index in [2.05, 4.69) is 53.3 Å². The molecule has 0 fully saturated rings. The van der Waals surface area contributed by atoms with Gasteiger partial charge in [-0.2, -0.15) is 0 Å². The number of halogens is 1. The Morgan fingerprint density at radius 1 is 1.32 bits per heavy atom. The summed E-state index contributed by atoms with van der Waals surface area (Å²) in [5, 5.41) is 3.54. The van der Waals surface area contributed by atoms with E-state index in [-0.39, 0.29) is 0 Å². The monoisotopic (exact) mass is 339 g/mol. The van der Waals surface area contributed by atoms with Crippen LogP contribution in [0.2, 0.25) is 0 Å². The maximum Gasteiger partial charge on any atom is 0.123 e. The molecular weight excluding hydrogens is 322 g/mol. The number of thiophene rings is 1. The first-order chi connectivity index (χ1) is 9.10. The van der Waals surface area contributed by atoms with Crippen molar-refractivity contribution in [1.82, 2.24) is 5.32 Å². The molecular formula is C15H18BrNOS. The molecule has 1 aromatic heterocycles. The largest absolute Gasteiger partial charge is 0.496 e. The zero-order chi connectivity index (χ0) is 13.8. The van der Waals surface area contributed by atoms with E-state index in [1.54, 1.807) is 7.11 Å². The molecule has 1 unspecified atom stereocenters. The van der Waals surface area contributed by atoms with Crippen LogP contribution in [0.1, 0.15) is 28.3 Å². The lowest BCUT2D eigenvalue weighted by Gasteiger charge is -2.14. The van der Waals surface area contributed by atoms with Crippen LogP contribution in [0.15, 0.2) is 34.8 Å². The Morgan fingerprint density at radius 3 is 2.74 bits per heavy atom. The maximum atomic E-state index is 5.38. The second kappa shape index (κ2) is 6.55. The SMILES string of the molecule is COc1ccc(Br)cc1CNC(C)c1ccc(C)s1. The Kier molecular flexibility index (Phi) is 5.02. The number of nitrogens with one attached hydrogen (secondary N) is 1. The van der Waals surface area contributed by atoms with Crippen molar-refractivity contribution in [1.29, 1.82) is 0 Å². The number of aryl methyl sites for hydroxylation is 1. The quantitative estimate of drug-likeness (QED) is 0.853. The summed E-state index contributed by atoms with van der Waals surface area (Å²) < 4.78 is 6.46. The molecule has 2 nitrogen and oxygen atoms in total. The predicted molar refractivity (Wildman–Crippen MR) is 85.0 cm³/mol. The Bertz CT molecular complexity index is 553. The second-order valence-electron chi connectivity index (χ2n) is 4.51. The van der Waals surface area contributed by atoms with Crippen molar-refractivity contribution < 1.29 is 4.74 Å². The van der Waals surface area contributed by atoms with Crippen molar-refractivity contribution in [2.45, 2.75) is 26.4 Å². The highest BCUT2D eigenvalue weighted by Gasteiger charge is 2.09. The van der Waals surface area contributed by atoms with Gasteiger partial charge in [0.15, 0.2) is 0 Å². The first kappa shape index (κ1) is 14.6. The van der Waals surface area contributed by atoms with Gasteiger partial charge in [-0.05, 0) is 44.2 Å². The number of rotatable bonds is 5. The molecule has 1 N–H and O–H groups in total. The average Bonchev–Trinajstić information content (AvgIpc) is 2.83. The molecule has 1 atom stereocenters. The van der Waals surface area contributed by atoms with Crippen LogP contribution in [0, 0.1) is 6.92 Å². The molecule has 1 heterocycles. The highest BCUT2D eigenvalue weighted by molar-refractivity contribution is 9.10. The molecule has 0 aliphatic heterocycles. The normalized spacial score (nSPS) is 12.4. The van der Waals surface area contributed by atoms with Crippen molar-refractivity contribution >= 4 is 27.3 Å². The molecule has 0 saturated carbocycles. The van der Waals surface area contributed by atoms with E-state index < -0.39 is 0 Å². The van der Waals surface area contributed by atoms with Crippen molar-refractivity contribution in [3.05, 3.63) is 50.1 Å². The van der Waals surface area contributed by atoms with Gasteiger partial charge in [-0.25, -0.2) is 0 Å². The van der Waals surface area contributed by atoms with Crippen LogP contribution in [0.5, 0.6) is 5.75 Å². The molecule has 19 heavy (non-hydrogen) atoms. The van der Waals surface area contributed by atoms with Gasteiger partial charge in [0.1, 0.15) is 5.75 Å². The lowest BCUT2D eigenvalue weighted by atomic mass is 10.2. The van der Waals surface area contributed by atoms with Crippen LogP contribution >= 0.6 is 27.3 Å². The zero-order valence-electron chi connectivity index (χ0n) is 11.4. The molecule has 2 aromatic rings. The van der Waals surface area contributed by atoms with Crippen molar-refractivity contribution in [2.24, 2.45) is 0 Å². The minimum Gasteiger partial charge on any atom is -0.496 e. The van der Waals surface area contributed by atoms with E-state index in [4.69, 9.17) is 4.74 Å². The minimum absolute atomic E-state index is 0.349. The lowest BCUT2D eigenvalue weighted by molar-refractivity contribution is 0.406. The summed E-state index contributed by atoms with van der Waals surface area (Å²) in [4.78, 5) is 2.72. The van der Waals surface area contributed by atoms with Gasteiger partial charge in [-0.3, -0.25) is 0 Å². The number of hydrogen-bond donors (Lipinski definition) is 1. The van der Waals surface area contributed by atoms with Crippen molar-refractivity contribution in [2.75, 3.05) is 7.11 Å². The first-order valence-corrected chi connectivity index (χ1v) is 7.83. The highest BCUT2D eigenvalue weighted by Crippen LogP contribution is 2.25. The van der Waals surface area contributed by atoms with Crippen LogP contribution in [0.3, 0.4) is 0 Å². The molecule has 1 aromatic carbocycles. The van der Waals surface area contributed by atoms with E-state index in [1.807, 2.05) is 23.5 Å². The third kappa shape index (κ3) is 3.81. The van der Waals surface area contributed by atoms with E-state index in [1.165, 1.54) is 9.75 Å². The maximum absolute atomic E-state index is 5.38. The third-order valence-corrected chi connectivity index (χ3v) is 4.71. The standard InChI is InChI=1S/C15H18BrNOS/c1-10-4-7-15(19-10)11(2)17-9-12-8-13(16)5-6-14(12)18-3/h4-8,11,17H,9H2,1-3H3. The van der Waals surface area contributed by atoms with Crippen LogP contribution in [0.4, 0.5) is 0 Å². The number of benzene rings is 1. The van der Waals surface area contributed by atoms with Gasteiger partial charge < -0.3 is 10.1 Å². The van der Waals surface area contributed by atoms with Gasteiger partial charge in [0, 0.05) is 32.4 Å². The Morgan fingerprint density at radius 2 is 2.11 bits per heavy atom. The van der Waals surface area contributed by atoms with Gasteiger partial charge in [-0.1, -0.05) is 15.9 Å². The van der Waals surface area contributed by atoms with Crippen LogP contribution in [-0.2, 0) is 6.54 Å². The molecule has 4 heteroatoms. The fourth-order valence-electron chi connectivity index (χ4n) is 1.94. The third-order valence-electron chi connectivity index (χ3n) is 3.03. The molecule has 0 spiro atoms. The molecule has 0 radical (unpaired) electrons. The Hall–Kier alpha value is -0.840. The first-order valence-electron chi connectivity index (χ1n) is 6.22. The molecule has 2 rings (SSSR count). The van der Waals surface area contributed by atoms with Gasteiger partial charge >= 0.3 is 0 Å². The summed E-state index contributed by atoms with van der Waals surface area (Å²) in [6, 6.07) is 10.8. The molecule has 0 amide bonds. The lowest BCUT2D eigenvalue weighted by Crippen LogP contribution is -2.17. The van der Waals surface area contributed by atoms with E-state index >= 15 is 0 Å². The summed E-state index contributed by atoms with van der Waals surface area (Å²) in [7, 11) is 1.71. The summed E-state index contributed by atoms with van der Waals surface area (Å²) in [6.07, 6.45) is 0. The van der Waals surface area contributed by atoms with Crippen molar-refractivity contribution in [3.63, 3.8) is 0 Å². The summed E-state index contributed by atoms with van der Waals surface area (Å²) in [5.41, 5.74) is 1.16. The van der Waals surface area contributed by atoms with E-state index in [0.29, 0.717) is 6.04 Å². The number of ether oxygens (including phenoxy) is 1. The highest BCUT2D eigenvalue weighted by atomic mass is 79.9. The van der Waals surface area contributed by atoms with Crippen LogP contribution in [-0.4, -0.2) is 7.11 Å². The van der Waals surface area contributed by atoms with Gasteiger partial charge in [0.2, 0.25) is 0 Å². The van der Waals surface area contributed by atoms with Crippen molar-refractivity contribution in [3.8, 4) is 5.75 Å². The van der Waals surface area contributed by atoms with Crippen LogP contribution < -0.4 is 10.1 Å². The minimum atomic E-state index is 0.349. The van der Waals surface area contributed by atoms with Gasteiger partial charge in [0.25, 0.3) is 0 Å². The molecule has 0 aliphatic carbocycles. The fourth-order valence-corrected chi connectivity index (χ4v) is 3.25. The zero-order valence-corrected chi connectivity index (χ0v) is 13.8.